The van der Waals surface area contributed by atoms with Crippen molar-refractivity contribution in [1.29, 1.82) is 0 Å². The molecule has 0 aliphatic rings. The fraction of sp³-hybridized carbons (Fsp3) is 0.400. The molecule has 0 heterocycles. The molecule has 0 saturated heterocycles. The van der Waals surface area contributed by atoms with E-state index in [9.17, 15) is 17.6 Å². The Labute approximate surface area is 119 Å². The molecule has 15 heavy (non-hydrogen) atoms. The van der Waals surface area contributed by atoms with Crippen LogP contribution in [0.1, 0.15) is 30.9 Å². The average molecular weight is 346 g/mol. The van der Waals surface area contributed by atoms with Gasteiger partial charge >= 0.3 is 6.18 Å². The molecule has 0 bridgehead atoms. The van der Waals surface area contributed by atoms with Gasteiger partial charge in [0.2, 0.25) is 0 Å². The summed E-state index contributed by atoms with van der Waals surface area (Å²) in [5.41, 5.74) is -0.862. The summed E-state index contributed by atoms with van der Waals surface area (Å²) < 4.78 is 49.6. The molecule has 0 aromatic heterocycles. The molecule has 0 saturated carbocycles. The maximum atomic E-state index is 13.0. The van der Waals surface area contributed by atoms with Crippen molar-refractivity contribution in [3.63, 3.8) is 0 Å². The fourth-order valence-corrected chi connectivity index (χ4v) is 1.10. The van der Waals surface area contributed by atoms with Crippen LogP contribution in [0.25, 0.3) is 0 Å². The molecule has 0 nitrogen and oxygen atoms in total. The smallest absolute Gasteiger partial charge is 0.284 e. The molecule has 0 unspecified atom stereocenters. The number of benzene rings is 1. The van der Waals surface area contributed by atoms with Gasteiger partial charge in [-0.05, 0) is 5.92 Å². The minimum absolute atomic E-state index is 0. The molecule has 0 amide bonds. The third kappa shape index (κ3) is 3.99. The zero-order chi connectivity index (χ0) is 10.9. The van der Waals surface area contributed by atoms with Crippen LogP contribution in [0, 0.1) is 53.2 Å². The van der Waals surface area contributed by atoms with Crippen LogP contribution in [-0.2, 0) is 6.18 Å². The Morgan fingerprint density at radius 3 is 2.20 bits per heavy atom. The molecule has 1 rings (SSSR count). The molecule has 1 aromatic rings. The Morgan fingerprint density at radius 2 is 1.80 bits per heavy atom. The van der Waals surface area contributed by atoms with Crippen LogP contribution in [0.15, 0.2) is 12.1 Å². The average Bonchev–Trinajstić information content (AvgIpc) is 2.02. The van der Waals surface area contributed by atoms with E-state index in [-0.39, 0.29) is 52.8 Å². The number of hydrogen-bond acceptors (Lipinski definition) is 0. The Bertz CT molecular complexity index is 331. The molecule has 0 spiro atoms. The summed E-state index contributed by atoms with van der Waals surface area (Å²) in [6.07, 6.45) is -4.46. The Balaban J connectivity index is 0.00000196. The fourth-order valence-electron chi connectivity index (χ4n) is 1.10. The van der Waals surface area contributed by atoms with Crippen molar-refractivity contribution < 1.29 is 58.9 Å². The SMILES string of the molecule is CC(C)c1cc(C(F)(F)F)[c-]cc1F.[Pr]. The van der Waals surface area contributed by atoms with Crippen LogP contribution in [-0.4, -0.2) is 0 Å². The first kappa shape index (κ1) is 15.3. The zero-order valence-electron chi connectivity index (χ0n) is 8.32. The summed E-state index contributed by atoms with van der Waals surface area (Å²) in [6.45, 7) is 3.27. The molecule has 81 valence electrons. The summed E-state index contributed by atoms with van der Waals surface area (Å²) in [4.78, 5) is 0. The summed E-state index contributed by atoms with van der Waals surface area (Å²) in [7, 11) is 0. The summed E-state index contributed by atoms with van der Waals surface area (Å²) in [5.74, 6) is -0.918. The van der Waals surface area contributed by atoms with E-state index in [2.05, 4.69) is 0 Å². The first-order chi connectivity index (χ1) is 6.32. The van der Waals surface area contributed by atoms with Crippen LogP contribution in [0.5, 0.6) is 0 Å². The predicted molar refractivity (Wildman–Crippen MR) is 44.3 cm³/mol. The standard InChI is InChI=1S/C10H9F4.Pr/c1-6(2)8-5-7(10(12,13)14)3-4-9(8)11;/h4-6H,1-2H3;/q-1;. The van der Waals surface area contributed by atoms with Gasteiger partial charge in [-0.3, -0.25) is 4.39 Å². The van der Waals surface area contributed by atoms with E-state index in [1.54, 1.807) is 13.8 Å². The van der Waals surface area contributed by atoms with Crippen molar-refractivity contribution in [3.8, 4) is 0 Å². The van der Waals surface area contributed by atoms with Crippen molar-refractivity contribution in [1.82, 2.24) is 0 Å². The minimum atomic E-state index is -4.46. The number of alkyl halides is 3. The van der Waals surface area contributed by atoms with Crippen molar-refractivity contribution in [2.75, 3.05) is 0 Å². The topological polar surface area (TPSA) is 0 Å². The third-order valence-electron chi connectivity index (χ3n) is 1.86. The van der Waals surface area contributed by atoms with Crippen LogP contribution in [0.4, 0.5) is 17.6 Å². The number of hydrogen-bond donors (Lipinski definition) is 0. The van der Waals surface area contributed by atoms with Gasteiger partial charge in [-0.15, -0.1) is 11.6 Å². The normalized spacial score (nSPS) is 11.4. The minimum Gasteiger partial charge on any atom is -0.284 e. The van der Waals surface area contributed by atoms with Crippen LogP contribution in [0.3, 0.4) is 0 Å². The van der Waals surface area contributed by atoms with Gasteiger partial charge in [0.05, 0.1) is 0 Å². The van der Waals surface area contributed by atoms with Gasteiger partial charge in [-0.2, -0.15) is 25.3 Å². The first-order valence-corrected chi connectivity index (χ1v) is 4.10. The molecule has 0 atom stereocenters. The Morgan fingerprint density at radius 1 is 1.27 bits per heavy atom. The van der Waals surface area contributed by atoms with Gasteiger partial charge in [0.15, 0.2) is 0 Å². The van der Waals surface area contributed by atoms with Crippen LogP contribution < -0.4 is 0 Å². The molecule has 0 N–H and O–H groups in total. The molecule has 0 aliphatic heterocycles. The van der Waals surface area contributed by atoms with Gasteiger partial charge in [-0.25, -0.2) is 0 Å². The van der Waals surface area contributed by atoms with Crippen molar-refractivity contribution in [3.05, 3.63) is 35.1 Å². The van der Waals surface area contributed by atoms with E-state index >= 15 is 0 Å². The molecule has 0 aliphatic carbocycles. The maximum Gasteiger partial charge on any atom is 0.394 e. The second kappa shape index (κ2) is 5.58. The Kier molecular flexibility index (Phi) is 5.69. The summed E-state index contributed by atoms with van der Waals surface area (Å²) >= 11 is 0. The molecular weight excluding hydrogens is 337 g/mol. The largest absolute Gasteiger partial charge is 0.394 e. The first-order valence-electron chi connectivity index (χ1n) is 4.10. The van der Waals surface area contributed by atoms with Crippen molar-refractivity contribution >= 4 is 0 Å². The third-order valence-corrected chi connectivity index (χ3v) is 1.86. The van der Waals surface area contributed by atoms with E-state index < -0.39 is 17.6 Å². The van der Waals surface area contributed by atoms with Crippen molar-refractivity contribution in [2.45, 2.75) is 25.9 Å². The van der Waals surface area contributed by atoms with Gasteiger partial charge in [-0.1, -0.05) is 19.4 Å². The molecule has 1 radical (unpaired) electrons. The second-order valence-corrected chi connectivity index (χ2v) is 3.30. The van der Waals surface area contributed by atoms with Crippen LogP contribution in [0.2, 0.25) is 0 Å². The molecule has 0 fully saturated rings. The van der Waals surface area contributed by atoms with Crippen LogP contribution >= 0.6 is 0 Å². The van der Waals surface area contributed by atoms with Gasteiger partial charge in [0.1, 0.15) is 0 Å². The van der Waals surface area contributed by atoms with E-state index in [0.29, 0.717) is 0 Å². The number of halogens is 4. The zero-order valence-corrected chi connectivity index (χ0v) is 12.0. The summed E-state index contributed by atoms with van der Waals surface area (Å²) in [6, 6.07) is 3.41. The van der Waals surface area contributed by atoms with E-state index in [1.165, 1.54) is 0 Å². The predicted octanol–water partition coefficient (Wildman–Crippen LogP) is 3.77. The molecular formula is C10H9F4Pr-. The quantitative estimate of drug-likeness (QED) is 0.537. The van der Waals surface area contributed by atoms with Gasteiger partial charge in [0.25, 0.3) is 0 Å². The summed E-state index contributed by atoms with van der Waals surface area (Å²) in [5, 5.41) is 0. The monoisotopic (exact) mass is 346 g/mol. The van der Waals surface area contributed by atoms with E-state index in [0.717, 1.165) is 12.1 Å². The van der Waals surface area contributed by atoms with Gasteiger partial charge in [0, 0.05) is 47.1 Å². The number of rotatable bonds is 1. The molecule has 5 heteroatoms. The van der Waals surface area contributed by atoms with Crippen molar-refractivity contribution in [2.24, 2.45) is 0 Å². The van der Waals surface area contributed by atoms with E-state index in [4.69, 9.17) is 0 Å². The Hall–Kier alpha value is 0.304. The second-order valence-electron chi connectivity index (χ2n) is 3.30. The molecule has 1 aromatic carbocycles. The maximum absolute atomic E-state index is 13.0. The van der Waals surface area contributed by atoms with E-state index in [1.807, 2.05) is 6.07 Å². The van der Waals surface area contributed by atoms with Gasteiger partial charge < -0.3 is 0 Å².